The van der Waals surface area contributed by atoms with Gasteiger partial charge in [-0.3, -0.25) is 0 Å². The molecular weight excluding hydrogens is 296 g/mol. The third-order valence-corrected chi connectivity index (χ3v) is 2.71. The first kappa shape index (κ1) is 9.21. The first-order valence-corrected chi connectivity index (χ1v) is 5.91. The molecule has 0 saturated carbocycles. The lowest BCUT2D eigenvalue weighted by Crippen LogP contribution is -1.86. The maximum atomic E-state index is 4.44. The van der Waals surface area contributed by atoms with Crippen LogP contribution in [0.3, 0.4) is 0 Å². The summed E-state index contributed by atoms with van der Waals surface area (Å²) in [6.45, 7) is 0. The van der Waals surface area contributed by atoms with E-state index in [2.05, 4.69) is 41.8 Å². The van der Waals surface area contributed by atoms with Gasteiger partial charge in [0, 0.05) is 16.2 Å². The van der Waals surface area contributed by atoms with Gasteiger partial charge in [0.25, 0.3) is 0 Å². The van der Waals surface area contributed by atoms with E-state index in [9.17, 15) is 0 Å². The number of benzene rings is 1. The molecular formula is C9H8Br2N2. The van der Waals surface area contributed by atoms with Gasteiger partial charge >= 0.3 is 0 Å². The van der Waals surface area contributed by atoms with Crippen molar-refractivity contribution < 1.29 is 0 Å². The van der Waals surface area contributed by atoms with Crippen molar-refractivity contribution in [1.82, 2.24) is 9.97 Å². The summed E-state index contributed by atoms with van der Waals surface area (Å²) in [5, 5.41) is 0.938. The first-order chi connectivity index (χ1) is 6.29. The second-order valence-electron chi connectivity index (χ2n) is 2.78. The van der Waals surface area contributed by atoms with E-state index in [1.807, 2.05) is 18.2 Å². The Bertz CT molecular complexity index is 422. The molecule has 0 unspecified atom stereocenters. The van der Waals surface area contributed by atoms with Crippen LogP contribution in [-0.4, -0.2) is 15.3 Å². The van der Waals surface area contributed by atoms with Gasteiger partial charge in [-0.1, -0.05) is 31.9 Å². The van der Waals surface area contributed by atoms with E-state index < -0.39 is 0 Å². The molecule has 0 spiro atoms. The Morgan fingerprint density at radius 2 is 2.23 bits per heavy atom. The minimum absolute atomic E-state index is 0.937. The monoisotopic (exact) mass is 302 g/mol. The molecule has 1 aromatic carbocycles. The predicted molar refractivity (Wildman–Crippen MR) is 61.3 cm³/mol. The lowest BCUT2D eigenvalue weighted by molar-refractivity contribution is 1.02. The number of aryl methyl sites for hydroxylation is 1. The van der Waals surface area contributed by atoms with Crippen LogP contribution in [0.25, 0.3) is 11.0 Å². The number of imidazole rings is 1. The van der Waals surface area contributed by atoms with Gasteiger partial charge in [-0.15, -0.1) is 0 Å². The van der Waals surface area contributed by atoms with E-state index in [0.29, 0.717) is 0 Å². The molecule has 0 saturated heterocycles. The van der Waals surface area contributed by atoms with E-state index >= 15 is 0 Å². The van der Waals surface area contributed by atoms with E-state index in [1.54, 1.807) is 0 Å². The second kappa shape index (κ2) is 3.80. The molecule has 2 nitrogen and oxygen atoms in total. The van der Waals surface area contributed by atoms with Crippen LogP contribution < -0.4 is 0 Å². The molecule has 2 rings (SSSR count). The fourth-order valence-corrected chi connectivity index (χ4v) is 1.98. The highest BCUT2D eigenvalue weighted by Gasteiger charge is 2.01. The molecule has 13 heavy (non-hydrogen) atoms. The maximum absolute atomic E-state index is 4.44. The van der Waals surface area contributed by atoms with Crippen molar-refractivity contribution in [2.45, 2.75) is 6.42 Å². The molecule has 0 aliphatic carbocycles. The van der Waals surface area contributed by atoms with Gasteiger partial charge in [-0.2, -0.15) is 0 Å². The average Bonchev–Trinajstić information content (AvgIpc) is 2.46. The molecule has 0 aliphatic rings. The van der Waals surface area contributed by atoms with E-state index in [1.165, 1.54) is 0 Å². The van der Waals surface area contributed by atoms with Crippen LogP contribution in [0.2, 0.25) is 0 Å². The topological polar surface area (TPSA) is 28.7 Å². The van der Waals surface area contributed by atoms with Crippen LogP contribution in [0.15, 0.2) is 22.7 Å². The van der Waals surface area contributed by atoms with Crippen molar-refractivity contribution in [2.75, 3.05) is 5.33 Å². The number of fused-ring (bicyclic) bond motifs is 1. The van der Waals surface area contributed by atoms with Gasteiger partial charge in [0.2, 0.25) is 0 Å². The van der Waals surface area contributed by atoms with Crippen LogP contribution in [0.4, 0.5) is 0 Å². The summed E-state index contributed by atoms with van der Waals surface area (Å²) in [6.07, 6.45) is 0.937. The zero-order valence-electron chi connectivity index (χ0n) is 6.85. The van der Waals surface area contributed by atoms with Crippen LogP contribution in [0, 0.1) is 0 Å². The molecule has 1 aromatic heterocycles. The molecule has 0 amide bonds. The minimum atomic E-state index is 0.937. The Hall–Kier alpha value is -0.350. The molecule has 1 N–H and O–H groups in total. The SMILES string of the molecule is BrCCc1nc2ccc(Br)cc2[nH]1. The van der Waals surface area contributed by atoms with E-state index in [-0.39, 0.29) is 0 Å². The van der Waals surface area contributed by atoms with Crippen LogP contribution in [-0.2, 0) is 6.42 Å². The molecule has 0 radical (unpaired) electrons. The number of nitrogens with one attached hydrogen (secondary N) is 1. The zero-order chi connectivity index (χ0) is 9.26. The molecule has 0 bridgehead atoms. The quantitative estimate of drug-likeness (QED) is 0.848. The first-order valence-electron chi connectivity index (χ1n) is 4.00. The number of alkyl halides is 1. The number of aromatic nitrogens is 2. The molecule has 0 fully saturated rings. The van der Waals surface area contributed by atoms with Crippen molar-refractivity contribution in [3.05, 3.63) is 28.5 Å². The van der Waals surface area contributed by atoms with Gasteiger partial charge < -0.3 is 4.98 Å². The minimum Gasteiger partial charge on any atom is -0.342 e. The number of aromatic amines is 1. The molecule has 2 aromatic rings. The number of H-pyrrole nitrogens is 1. The molecule has 0 atom stereocenters. The molecule has 68 valence electrons. The number of hydrogen-bond acceptors (Lipinski definition) is 1. The molecule has 4 heteroatoms. The highest BCUT2D eigenvalue weighted by molar-refractivity contribution is 9.10. The summed E-state index contributed by atoms with van der Waals surface area (Å²) in [4.78, 5) is 7.70. The highest BCUT2D eigenvalue weighted by atomic mass is 79.9. The normalized spacial score (nSPS) is 10.9. The zero-order valence-corrected chi connectivity index (χ0v) is 10.0. The lowest BCUT2D eigenvalue weighted by Gasteiger charge is -1.88. The average molecular weight is 304 g/mol. The lowest BCUT2D eigenvalue weighted by atomic mass is 10.3. The fraction of sp³-hybridized carbons (Fsp3) is 0.222. The fourth-order valence-electron chi connectivity index (χ4n) is 1.24. The Labute approximate surface area is 93.0 Å². The highest BCUT2D eigenvalue weighted by Crippen LogP contribution is 2.17. The van der Waals surface area contributed by atoms with Crippen molar-refractivity contribution in [3.8, 4) is 0 Å². The Kier molecular flexibility index (Phi) is 2.69. The van der Waals surface area contributed by atoms with Crippen LogP contribution in [0.1, 0.15) is 5.82 Å². The van der Waals surface area contributed by atoms with E-state index in [4.69, 9.17) is 0 Å². The van der Waals surface area contributed by atoms with Gasteiger partial charge in [-0.05, 0) is 18.2 Å². The smallest absolute Gasteiger partial charge is 0.108 e. The van der Waals surface area contributed by atoms with Gasteiger partial charge in [0.15, 0.2) is 0 Å². The number of hydrogen-bond donors (Lipinski definition) is 1. The maximum Gasteiger partial charge on any atom is 0.108 e. The Morgan fingerprint density at radius 1 is 1.38 bits per heavy atom. The van der Waals surface area contributed by atoms with Gasteiger partial charge in [-0.25, -0.2) is 4.98 Å². The summed E-state index contributed by atoms with van der Waals surface area (Å²) in [5.74, 6) is 1.03. The summed E-state index contributed by atoms with van der Waals surface area (Å²) in [5.41, 5.74) is 2.12. The third kappa shape index (κ3) is 1.94. The number of rotatable bonds is 2. The molecule has 0 aliphatic heterocycles. The summed E-state index contributed by atoms with van der Waals surface area (Å²) >= 11 is 6.81. The van der Waals surface area contributed by atoms with Crippen LogP contribution >= 0.6 is 31.9 Å². The van der Waals surface area contributed by atoms with Crippen molar-refractivity contribution in [3.63, 3.8) is 0 Å². The Morgan fingerprint density at radius 3 is 3.00 bits per heavy atom. The van der Waals surface area contributed by atoms with Crippen molar-refractivity contribution in [1.29, 1.82) is 0 Å². The van der Waals surface area contributed by atoms with Gasteiger partial charge in [0.1, 0.15) is 5.82 Å². The second-order valence-corrected chi connectivity index (χ2v) is 4.49. The Balaban J connectivity index is 2.49. The van der Waals surface area contributed by atoms with Gasteiger partial charge in [0.05, 0.1) is 11.0 Å². The predicted octanol–water partition coefficient (Wildman–Crippen LogP) is 3.26. The third-order valence-electron chi connectivity index (χ3n) is 1.82. The summed E-state index contributed by atoms with van der Waals surface area (Å²) in [7, 11) is 0. The van der Waals surface area contributed by atoms with Crippen LogP contribution in [0.5, 0.6) is 0 Å². The summed E-state index contributed by atoms with van der Waals surface area (Å²) < 4.78 is 1.08. The molecule has 1 heterocycles. The largest absolute Gasteiger partial charge is 0.342 e. The standard InChI is InChI=1S/C9H8Br2N2/c10-4-3-9-12-7-2-1-6(11)5-8(7)13-9/h1-2,5H,3-4H2,(H,12,13). The van der Waals surface area contributed by atoms with E-state index in [0.717, 1.165) is 33.1 Å². The van der Waals surface area contributed by atoms with Crippen molar-refractivity contribution in [2.24, 2.45) is 0 Å². The number of halogens is 2. The number of nitrogens with zero attached hydrogens (tertiary/aromatic N) is 1. The van der Waals surface area contributed by atoms with Crippen molar-refractivity contribution >= 4 is 42.9 Å². The summed E-state index contributed by atoms with van der Waals surface area (Å²) in [6, 6.07) is 6.05.